The minimum absolute atomic E-state index is 0.0701. The molecule has 0 N–H and O–H groups in total. The van der Waals surface area contributed by atoms with Gasteiger partial charge in [0, 0.05) is 30.1 Å². The summed E-state index contributed by atoms with van der Waals surface area (Å²) in [6.45, 7) is 0.453. The van der Waals surface area contributed by atoms with Crippen molar-refractivity contribution >= 4 is 27.3 Å². The van der Waals surface area contributed by atoms with E-state index in [-0.39, 0.29) is 30.7 Å². The Bertz CT molecular complexity index is 1050. The van der Waals surface area contributed by atoms with Gasteiger partial charge in [-0.25, -0.2) is 8.42 Å². The van der Waals surface area contributed by atoms with Gasteiger partial charge in [-0.15, -0.1) is 0 Å². The molecule has 30 heavy (non-hydrogen) atoms. The largest absolute Gasteiger partial charge is 0.339 e. The maximum atomic E-state index is 12.9. The molecule has 0 bridgehead atoms. The molecule has 1 saturated carbocycles. The van der Waals surface area contributed by atoms with Crippen LogP contribution in [0.5, 0.6) is 0 Å². The summed E-state index contributed by atoms with van der Waals surface area (Å²) < 4.78 is 30.4. The van der Waals surface area contributed by atoms with Gasteiger partial charge in [0.2, 0.25) is 17.6 Å². The van der Waals surface area contributed by atoms with Gasteiger partial charge in [-0.05, 0) is 49.4 Å². The summed E-state index contributed by atoms with van der Waals surface area (Å²) in [6.07, 6.45) is 5.54. The second-order valence-corrected chi connectivity index (χ2v) is 11.7. The van der Waals surface area contributed by atoms with Crippen molar-refractivity contribution in [3.05, 3.63) is 35.2 Å². The van der Waals surface area contributed by atoms with Gasteiger partial charge in [0.15, 0.2) is 9.84 Å². The molecule has 1 spiro atoms. The SMILES string of the molecule is O=C(CC1CCCC1)N1CC2(C1)C(c1nc(-c3ccc(Cl)cc3)no1)CCS2(=O)=O. The topological polar surface area (TPSA) is 93.4 Å². The van der Waals surface area contributed by atoms with Crippen LogP contribution in [0.2, 0.25) is 5.02 Å². The summed E-state index contributed by atoms with van der Waals surface area (Å²) >= 11 is 5.93. The lowest BCUT2D eigenvalue weighted by Gasteiger charge is -2.49. The Morgan fingerprint density at radius 3 is 2.57 bits per heavy atom. The van der Waals surface area contributed by atoms with Crippen molar-refractivity contribution < 1.29 is 17.7 Å². The van der Waals surface area contributed by atoms with Crippen LogP contribution in [0, 0.1) is 5.92 Å². The molecule has 1 aromatic carbocycles. The Hall–Kier alpha value is -1.93. The highest BCUT2D eigenvalue weighted by atomic mass is 35.5. The van der Waals surface area contributed by atoms with Gasteiger partial charge in [0.25, 0.3) is 0 Å². The molecular formula is C21H24ClN3O4S. The van der Waals surface area contributed by atoms with Crippen molar-refractivity contribution in [3.63, 3.8) is 0 Å². The van der Waals surface area contributed by atoms with Gasteiger partial charge < -0.3 is 9.42 Å². The second kappa shape index (κ2) is 7.34. The van der Waals surface area contributed by atoms with E-state index in [2.05, 4.69) is 10.1 Å². The fourth-order valence-electron chi connectivity index (χ4n) is 5.18. The Morgan fingerprint density at radius 2 is 1.87 bits per heavy atom. The highest BCUT2D eigenvalue weighted by Gasteiger charge is 2.64. The highest BCUT2D eigenvalue weighted by molar-refractivity contribution is 7.93. The molecule has 160 valence electrons. The Labute approximate surface area is 180 Å². The standard InChI is InChI=1S/C21H24ClN3O4S/c22-16-7-5-15(6-8-16)19-23-20(29-24-19)17-9-10-30(27,28)21(17)12-25(13-21)18(26)11-14-3-1-2-4-14/h5-8,14,17H,1-4,9-13H2. The number of likely N-dealkylation sites (tertiary alicyclic amines) is 1. The van der Waals surface area contributed by atoms with Crippen LogP contribution in [0.1, 0.15) is 50.3 Å². The van der Waals surface area contributed by atoms with Gasteiger partial charge in [0.1, 0.15) is 4.75 Å². The first-order valence-corrected chi connectivity index (χ1v) is 12.5. The lowest BCUT2D eigenvalue weighted by atomic mass is 9.82. The van der Waals surface area contributed by atoms with Crippen molar-refractivity contribution in [1.29, 1.82) is 0 Å². The number of carbonyl (C=O) groups excluding carboxylic acids is 1. The zero-order valence-electron chi connectivity index (χ0n) is 16.6. The maximum absolute atomic E-state index is 12.9. The maximum Gasteiger partial charge on any atom is 0.231 e. The van der Waals surface area contributed by atoms with E-state index in [9.17, 15) is 13.2 Å². The first-order valence-electron chi connectivity index (χ1n) is 10.5. The van der Waals surface area contributed by atoms with Gasteiger partial charge in [-0.3, -0.25) is 4.79 Å². The van der Waals surface area contributed by atoms with E-state index < -0.39 is 14.6 Å². The van der Waals surface area contributed by atoms with Crippen LogP contribution in [0.15, 0.2) is 28.8 Å². The van der Waals surface area contributed by atoms with Crippen LogP contribution in [0.3, 0.4) is 0 Å². The molecule has 3 heterocycles. The molecular weight excluding hydrogens is 426 g/mol. The third-order valence-corrected chi connectivity index (χ3v) is 9.79. The van der Waals surface area contributed by atoms with E-state index in [4.69, 9.17) is 16.1 Å². The van der Waals surface area contributed by atoms with Crippen molar-refractivity contribution in [1.82, 2.24) is 15.0 Å². The van der Waals surface area contributed by atoms with Gasteiger partial charge >= 0.3 is 0 Å². The normalized spacial score (nSPS) is 25.0. The fourth-order valence-corrected chi connectivity index (χ4v) is 7.62. The molecule has 5 rings (SSSR count). The monoisotopic (exact) mass is 449 g/mol. The molecule has 1 aromatic heterocycles. The van der Waals surface area contributed by atoms with Gasteiger partial charge in [-0.2, -0.15) is 4.98 Å². The molecule has 1 unspecified atom stereocenters. The first-order chi connectivity index (χ1) is 14.4. The average molecular weight is 450 g/mol. The van der Waals surface area contributed by atoms with E-state index in [1.54, 1.807) is 29.2 Å². The lowest BCUT2D eigenvalue weighted by Crippen LogP contribution is -2.67. The number of halogens is 1. The van der Waals surface area contributed by atoms with Gasteiger partial charge in [0.05, 0.1) is 11.7 Å². The summed E-state index contributed by atoms with van der Waals surface area (Å²) in [7, 11) is -3.34. The number of benzene rings is 1. The molecule has 1 atom stereocenters. The van der Waals surface area contributed by atoms with E-state index in [1.165, 1.54) is 12.8 Å². The van der Waals surface area contributed by atoms with E-state index in [1.807, 2.05) is 0 Å². The number of hydrogen-bond donors (Lipinski definition) is 0. The van der Waals surface area contributed by atoms with E-state index in [0.29, 0.717) is 35.5 Å². The van der Waals surface area contributed by atoms with E-state index in [0.717, 1.165) is 18.4 Å². The number of sulfone groups is 1. The summed E-state index contributed by atoms with van der Waals surface area (Å²) in [4.78, 5) is 18.9. The summed E-state index contributed by atoms with van der Waals surface area (Å²) in [6, 6.07) is 7.08. The zero-order chi connectivity index (χ0) is 20.9. The Balaban J connectivity index is 1.35. The van der Waals surface area contributed by atoms with Crippen LogP contribution < -0.4 is 0 Å². The number of amides is 1. The molecule has 2 aliphatic heterocycles. The predicted molar refractivity (Wildman–Crippen MR) is 112 cm³/mol. The van der Waals surface area contributed by atoms with Crippen LogP contribution in [0.25, 0.3) is 11.4 Å². The van der Waals surface area contributed by atoms with Crippen molar-refractivity contribution in [2.24, 2.45) is 5.92 Å². The first kappa shape index (κ1) is 20.0. The number of carbonyl (C=O) groups is 1. The van der Waals surface area contributed by atoms with Crippen molar-refractivity contribution in [2.45, 2.75) is 49.2 Å². The number of aromatic nitrogens is 2. The van der Waals surface area contributed by atoms with Crippen LogP contribution in [-0.4, -0.2) is 53.0 Å². The summed E-state index contributed by atoms with van der Waals surface area (Å²) in [5, 5.41) is 4.66. The third kappa shape index (κ3) is 3.24. The van der Waals surface area contributed by atoms with Gasteiger partial charge in [-0.1, -0.05) is 29.6 Å². The minimum atomic E-state index is -3.34. The molecule has 7 nitrogen and oxygen atoms in total. The summed E-state index contributed by atoms with van der Waals surface area (Å²) in [5.74, 6) is 0.967. The molecule has 1 amide bonds. The van der Waals surface area contributed by atoms with Crippen molar-refractivity contribution in [2.75, 3.05) is 18.8 Å². The smallest absolute Gasteiger partial charge is 0.231 e. The Morgan fingerprint density at radius 1 is 1.17 bits per heavy atom. The average Bonchev–Trinajstić information content (AvgIpc) is 3.39. The molecule has 2 saturated heterocycles. The quantitative estimate of drug-likeness (QED) is 0.709. The predicted octanol–water partition coefficient (Wildman–Crippen LogP) is 3.45. The lowest BCUT2D eigenvalue weighted by molar-refractivity contribution is -0.137. The molecule has 1 aliphatic carbocycles. The van der Waals surface area contributed by atoms with Crippen LogP contribution >= 0.6 is 11.6 Å². The molecule has 3 aliphatic rings. The highest BCUT2D eigenvalue weighted by Crippen LogP contribution is 2.50. The van der Waals surface area contributed by atoms with E-state index >= 15 is 0 Å². The summed E-state index contributed by atoms with van der Waals surface area (Å²) in [5.41, 5.74) is 0.756. The minimum Gasteiger partial charge on any atom is -0.339 e. The molecule has 9 heteroatoms. The molecule has 2 aromatic rings. The molecule has 3 fully saturated rings. The fraction of sp³-hybridized carbons (Fsp3) is 0.571. The Kier molecular flexibility index (Phi) is 4.89. The number of nitrogens with zero attached hydrogens (tertiary/aromatic N) is 3. The molecule has 0 radical (unpaired) electrons. The zero-order valence-corrected chi connectivity index (χ0v) is 18.2. The number of hydrogen-bond acceptors (Lipinski definition) is 6. The van der Waals surface area contributed by atoms with Crippen LogP contribution in [0.4, 0.5) is 0 Å². The third-order valence-electron chi connectivity index (χ3n) is 6.98. The second-order valence-electron chi connectivity index (χ2n) is 8.79. The number of rotatable bonds is 4. The van der Waals surface area contributed by atoms with Crippen LogP contribution in [-0.2, 0) is 14.6 Å². The van der Waals surface area contributed by atoms with Crippen molar-refractivity contribution in [3.8, 4) is 11.4 Å².